The molecule has 28 heavy (non-hydrogen) atoms. The zero-order valence-electron chi connectivity index (χ0n) is 17.0. The van der Waals surface area contributed by atoms with E-state index in [1.54, 1.807) is 17.0 Å². The molecule has 1 aromatic rings. The molecule has 0 radical (unpaired) electrons. The van der Waals surface area contributed by atoms with Crippen molar-refractivity contribution < 1.29 is 18.7 Å². The van der Waals surface area contributed by atoms with Gasteiger partial charge in [0.05, 0.1) is 5.69 Å². The number of halogens is 1. The summed E-state index contributed by atoms with van der Waals surface area (Å²) in [7, 11) is 0. The summed E-state index contributed by atoms with van der Waals surface area (Å²) in [5.41, 5.74) is 0.451. The average molecular weight is 391 g/mol. The lowest BCUT2D eigenvalue weighted by molar-refractivity contribution is -0.119. The molecule has 1 N–H and O–H groups in total. The monoisotopic (exact) mass is 391 g/mol. The van der Waals surface area contributed by atoms with Crippen LogP contribution in [0.15, 0.2) is 18.2 Å². The standard InChI is InChI=1S/C21H30FN3O3/c1-21(2,3)28-20(27)25-12-10-24(11-13-25)18-9-8-16(14-17(18)22)23-19(26)15-6-4-5-7-15/h8-9,14-15H,4-7,10-13H2,1-3H3,(H,23,26). The van der Waals surface area contributed by atoms with Crippen molar-refractivity contribution in [2.75, 3.05) is 36.4 Å². The Morgan fingerprint density at radius 3 is 2.32 bits per heavy atom. The third kappa shape index (κ3) is 5.14. The second-order valence-corrected chi connectivity index (χ2v) is 8.59. The molecule has 2 aliphatic rings. The van der Waals surface area contributed by atoms with Crippen LogP contribution in [-0.4, -0.2) is 48.7 Å². The number of hydrogen-bond donors (Lipinski definition) is 1. The van der Waals surface area contributed by atoms with Crippen molar-refractivity contribution in [3.8, 4) is 0 Å². The number of carbonyl (C=O) groups is 2. The van der Waals surface area contributed by atoms with Gasteiger partial charge in [-0.2, -0.15) is 0 Å². The lowest BCUT2D eigenvalue weighted by Crippen LogP contribution is -2.50. The fraction of sp³-hybridized carbons (Fsp3) is 0.619. The normalized spacial score (nSPS) is 18.3. The zero-order valence-corrected chi connectivity index (χ0v) is 17.0. The Balaban J connectivity index is 1.56. The van der Waals surface area contributed by atoms with E-state index in [0.29, 0.717) is 37.6 Å². The molecule has 154 valence electrons. The summed E-state index contributed by atoms with van der Waals surface area (Å²) >= 11 is 0. The molecule has 1 aliphatic heterocycles. The first-order valence-corrected chi connectivity index (χ1v) is 10.1. The molecule has 1 saturated carbocycles. The van der Waals surface area contributed by atoms with Crippen LogP contribution in [0, 0.1) is 11.7 Å². The third-order valence-electron chi connectivity index (χ3n) is 5.21. The molecule has 1 heterocycles. The summed E-state index contributed by atoms with van der Waals surface area (Å²) in [6.07, 6.45) is 3.65. The highest BCUT2D eigenvalue weighted by atomic mass is 19.1. The van der Waals surface area contributed by atoms with Crippen molar-refractivity contribution in [3.05, 3.63) is 24.0 Å². The lowest BCUT2D eigenvalue weighted by atomic mass is 10.1. The molecule has 0 aromatic heterocycles. The second kappa shape index (κ2) is 8.37. The highest BCUT2D eigenvalue weighted by Gasteiger charge is 2.27. The number of ether oxygens (including phenoxy) is 1. The SMILES string of the molecule is CC(C)(C)OC(=O)N1CCN(c2ccc(NC(=O)C3CCCC3)cc2F)CC1. The fourth-order valence-corrected chi connectivity index (χ4v) is 3.73. The maximum absolute atomic E-state index is 14.6. The number of carbonyl (C=O) groups excluding carboxylic acids is 2. The van der Waals surface area contributed by atoms with Crippen LogP contribution in [0.2, 0.25) is 0 Å². The fourth-order valence-electron chi connectivity index (χ4n) is 3.73. The van der Waals surface area contributed by atoms with Crippen LogP contribution < -0.4 is 10.2 Å². The van der Waals surface area contributed by atoms with Gasteiger partial charge in [-0.15, -0.1) is 0 Å². The summed E-state index contributed by atoms with van der Waals surface area (Å²) in [5, 5.41) is 2.83. The molecule has 0 atom stereocenters. The molecule has 1 aromatic carbocycles. The number of nitrogens with one attached hydrogen (secondary N) is 1. The summed E-state index contributed by atoms with van der Waals surface area (Å²) in [5.74, 6) is -0.339. The highest BCUT2D eigenvalue weighted by Crippen LogP contribution is 2.28. The molecule has 2 amide bonds. The first kappa shape index (κ1) is 20.4. The van der Waals surface area contributed by atoms with Crippen LogP contribution in [0.5, 0.6) is 0 Å². The van der Waals surface area contributed by atoms with Gasteiger partial charge in [-0.05, 0) is 51.8 Å². The molecule has 6 nitrogen and oxygen atoms in total. The minimum atomic E-state index is -0.529. The number of rotatable bonds is 3. The van der Waals surface area contributed by atoms with E-state index in [1.165, 1.54) is 6.07 Å². The number of anilines is 2. The largest absolute Gasteiger partial charge is 0.444 e. The smallest absolute Gasteiger partial charge is 0.410 e. The van der Waals surface area contributed by atoms with E-state index in [0.717, 1.165) is 25.7 Å². The number of nitrogens with zero attached hydrogens (tertiary/aromatic N) is 2. The van der Waals surface area contributed by atoms with Crippen LogP contribution in [0.4, 0.5) is 20.6 Å². The van der Waals surface area contributed by atoms with E-state index < -0.39 is 5.60 Å². The molecule has 1 saturated heterocycles. The van der Waals surface area contributed by atoms with Gasteiger partial charge in [0.25, 0.3) is 0 Å². The molecule has 2 fully saturated rings. The Hall–Kier alpha value is -2.31. The minimum Gasteiger partial charge on any atom is -0.444 e. The van der Waals surface area contributed by atoms with Gasteiger partial charge in [0.2, 0.25) is 5.91 Å². The lowest BCUT2D eigenvalue weighted by Gasteiger charge is -2.36. The van der Waals surface area contributed by atoms with Gasteiger partial charge in [0, 0.05) is 37.8 Å². The van der Waals surface area contributed by atoms with E-state index in [9.17, 15) is 14.0 Å². The molecule has 3 rings (SSSR count). The third-order valence-corrected chi connectivity index (χ3v) is 5.21. The Kier molecular flexibility index (Phi) is 6.10. The van der Waals surface area contributed by atoms with Gasteiger partial charge >= 0.3 is 6.09 Å². The van der Waals surface area contributed by atoms with Gasteiger partial charge < -0.3 is 19.9 Å². The molecule has 0 spiro atoms. The minimum absolute atomic E-state index is 0.0179. The molecular weight excluding hydrogens is 361 g/mol. The Morgan fingerprint density at radius 2 is 1.75 bits per heavy atom. The van der Waals surface area contributed by atoms with E-state index >= 15 is 0 Å². The van der Waals surface area contributed by atoms with Crippen molar-refractivity contribution >= 4 is 23.4 Å². The quantitative estimate of drug-likeness (QED) is 0.846. The van der Waals surface area contributed by atoms with Crippen LogP contribution >= 0.6 is 0 Å². The van der Waals surface area contributed by atoms with Gasteiger partial charge in [0.1, 0.15) is 11.4 Å². The van der Waals surface area contributed by atoms with Gasteiger partial charge in [-0.1, -0.05) is 12.8 Å². The maximum atomic E-state index is 14.6. The Labute approximate surface area is 166 Å². The van der Waals surface area contributed by atoms with E-state index in [-0.39, 0.29) is 23.7 Å². The van der Waals surface area contributed by atoms with Crippen LogP contribution in [0.1, 0.15) is 46.5 Å². The van der Waals surface area contributed by atoms with Gasteiger partial charge in [0.15, 0.2) is 0 Å². The van der Waals surface area contributed by atoms with E-state index in [4.69, 9.17) is 4.74 Å². The van der Waals surface area contributed by atoms with Crippen LogP contribution in [0.3, 0.4) is 0 Å². The maximum Gasteiger partial charge on any atom is 0.410 e. The summed E-state index contributed by atoms with van der Waals surface area (Å²) < 4.78 is 20.0. The average Bonchev–Trinajstić information content (AvgIpc) is 3.15. The number of piperazine rings is 1. The van der Waals surface area contributed by atoms with Crippen molar-refractivity contribution in [2.24, 2.45) is 5.92 Å². The first-order valence-electron chi connectivity index (χ1n) is 10.1. The number of amides is 2. The number of hydrogen-bond acceptors (Lipinski definition) is 4. The van der Waals surface area contributed by atoms with Gasteiger partial charge in [-0.3, -0.25) is 4.79 Å². The van der Waals surface area contributed by atoms with Crippen molar-refractivity contribution in [2.45, 2.75) is 52.1 Å². The van der Waals surface area contributed by atoms with E-state index in [1.807, 2.05) is 25.7 Å². The number of benzene rings is 1. The van der Waals surface area contributed by atoms with Crippen molar-refractivity contribution in [1.29, 1.82) is 0 Å². The zero-order chi connectivity index (χ0) is 20.3. The van der Waals surface area contributed by atoms with E-state index in [2.05, 4.69) is 5.32 Å². The molecule has 0 bridgehead atoms. The topological polar surface area (TPSA) is 61.9 Å². The Bertz CT molecular complexity index is 718. The van der Waals surface area contributed by atoms with Crippen LogP contribution in [-0.2, 0) is 9.53 Å². The van der Waals surface area contributed by atoms with Gasteiger partial charge in [-0.25, -0.2) is 9.18 Å². The summed E-state index contributed by atoms with van der Waals surface area (Å²) in [6.45, 7) is 7.54. The van der Waals surface area contributed by atoms with Crippen molar-refractivity contribution in [3.63, 3.8) is 0 Å². The van der Waals surface area contributed by atoms with Crippen molar-refractivity contribution in [1.82, 2.24) is 4.90 Å². The second-order valence-electron chi connectivity index (χ2n) is 8.59. The van der Waals surface area contributed by atoms with Crippen LogP contribution in [0.25, 0.3) is 0 Å². The first-order chi connectivity index (χ1) is 13.2. The Morgan fingerprint density at radius 1 is 1.11 bits per heavy atom. The highest BCUT2D eigenvalue weighted by molar-refractivity contribution is 5.92. The predicted octanol–water partition coefficient (Wildman–Crippen LogP) is 4.01. The molecule has 1 aliphatic carbocycles. The summed E-state index contributed by atoms with van der Waals surface area (Å²) in [6, 6.07) is 4.82. The molecule has 7 heteroatoms. The predicted molar refractivity (Wildman–Crippen MR) is 107 cm³/mol. The molecular formula is C21H30FN3O3. The molecule has 0 unspecified atom stereocenters. The summed E-state index contributed by atoms with van der Waals surface area (Å²) in [4.78, 5) is 27.9.